The first-order valence-electron chi connectivity index (χ1n) is 27.4. The summed E-state index contributed by atoms with van der Waals surface area (Å²) in [5.74, 6) is -0.786. The highest BCUT2D eigenvalue weighted by Crippen LogP contribution is 2.42. The fourth-order valence-corrected chi connectivity index (χ4v) is 8.76. The largest absolute Gasteiger partial charge is 0.472 e. The van der Waals surface area contributed by atoms with Crippen LogP contribution in [-0.4, -0.2) is 43.3 Å². The van der Waals surface area contributed by atoms with Gasteiger partial charge in [-0.3, -0.25) is 18.6 Å². The van der Waals surface area contributed by atoms with Crippen molar-refractivity contribution in [1.29, 1.82) is 0 Å². The molecule has 9 heteroatoms. The van der Waals surface area contributed by atoms with Crippen molar-refractivity contribution in [3.05, 3.63) is 12.2 Å². The van der Waals surface area contributed by atoms with Crippen molar-refractivity contribution in [3.8, 4) is 0 Å². The molecule has 0 amide bonds. The van der Waals surface area contributed by atoms with E-state index in [4.69, 9.17) is 14.0 Å². The topological polar surface area (TPSA) is 108 Å². The third-order valence-electron chi connectivity index (χ3n) is 12.5. The number of phosphoric ester groups is 1. The van der Waals surface area contributed by atoms with Gasteiger partial charge in [0.05, 0.1) is 6.61 Å². The van der Waals surface area contributed by atoms with Crippen molar-refractivity contribution in [3.63, 3.8) is 0 Å². The van der Waals surface area contributed by atoms with Crippen LogP contribution in [0.3, 0.4) is 0 Å². The lowest BCUT2D eigenvalue weighted by Crippen LogP contribution is -2.29. The van der Waals surface area contributed by atoms with Gasteiger partial charge >= 0.3 is 19.8 Å². The summed E-state index contributed by atoms with van der Waals surface area (Å²) in [5.41, 5.74) is 0. The molecular formula is C54H105O8P. The van der Waals surface area contributed by atoms with E-state index in [9.17, 15) is 19.0 Å². The average molecular weight is 913 g/mol. The highest BCUT2D eigenvalue weighted by molar-refractivity contribution is 7.47. The van der Waals surface area contributed by atoms with Gasteiger partial charge in [-0.2, -0.15) is 0 Å². The van der Waals surface area contributed by atoms with Gasteiger partial charge in [-0.25, -0.2) is 4.57 Å². The molecule has 0 radical (unpaired) electrons. The molecule has 0 aromatic rings. The van der Waals surface area contributed by atoms with E-state index >= 15 is 0 Å². The van der Waals surface area contributed by atoms with E-state index in [0.717, 1.165) is 39.2 Å². The number of hydrogen-bond acceptors (Lipinski definition) is 7. The van der Waals surface area contributed by atoms with Crippen molar-refractivity contribution in [2.24, 2.45) is 0 Å². The van der Waals surface area contributed by atoms with E-state index in [0.29, 0.717) is 12.8 Å². The first-order chi connectivity index (χ1) is 30.8. The number of esters is 2. The Bertz CT molecular complexity index is 1040. The molecule has 0 aromatic carbocycles. The third kappa shape index (κ3) is 50.1. The highest BCUT2D eigenvalue weighted by atomic mass is 31.2. The first-order valence-corrected chi connectivity index (χ1v) is 28.9. The van der Waals surface area contributed by atoms with E-state index < -0.39 is 26.5 Å². The molecule has 8 nitrogen and oxygen atoms in total. The van der Waals surface area contributed by atoms with Crippen LogP contribution < -0.4 is 0 Å². The van der Waals surface area contributed by atoms with Crippen LogP contribution in [0, 0.1) is 0 Å². The number of phosphoric acid groups is 1. The Balaban J connectivity index is 3.82. The van der Waals surface area contributed by atoms with Gasteiger partial charge in [-0.1, -0.05) is 257 Å². The van der Waals surface area contributed by atoms with Crippen molar-refractivity contribution < 1.29 is 37.6 Å². The normalized spacial score (nSPS) is 13.1. The molecule has 63 heavy (non-hydrogen) atoms. The molecule has 0 aromatic heterocycles. The quantitative estimate of drug-likeness (QED) is 0.0278. The van der Waals surface area contributed by atoms with E-state index in [1.165, 1.54) is 231 Å². The molecule has 0 aliphatic heterocycles. The lowest BCUT2D eigenvalue weighted by atomic mass is 10.0. The summed E-state index contributed by atoms with van der Waals surface area (Å²) < 4.78 is 32.2. The number of rotatable bonds is 52. The van der Waals surface area contributed by atoms with Crippen LogP contribution in [0.4, 0.5) is 0 Å². The number of ether oxygens (including phenoxy) is 2. The average Bonchev–Trinajstić information content (AvgIpc) is 3.28. The molecule has 0 spiro atoms. The Labute approximate surface area is 391 Å². The van der Waals surface area contributed by atoms with Gasteiger partial charge in [0.2, 0.25) is 0 Å². The first kappa shape index (κ1) is 61.8. The van der Waals surface area contributed by atoms with Gasteiger partial charge in [-0.05, 0) is 38.5 Å². The molecule has 374 valence electrons. The smallest absolute Gasteiger partial charge is 0.462 e. The van der Waals surface area contributed by atoms with Gasteiger partial charge in [0.1, 0.15) is 6.61 Å². The Kier molecular flexibility index (Phi) is 49.2. The van der Waals surface area contributed by atoms with Crippen LogP contribution in [0.1, 0.15) is 296 Å². The minimum atomic E-state index is -4.27. The maximum Gasteiger partial charge on any atom is 0.472 e. The van der Waals surface area contributed by atoms with E-state index in [2.05, 4.69) is 30.5 Å². The summed E-state index contributed by atoms with van der Waals surface area (Å²) in [6, 6.07) is 0. The number of carbonyl (C=O) groups is 2. The van der Waals surface area contributed by atoms with E-state index in [1.807, 2.05) is 0 Å². The molecule has 0 fully saturated rings. The molecule has 0 aliphatic carbocycles. The highest BCUT2D eigenvalue weighted by Gasteiger charge is 2.24. The number of hydrogen-bond donors (Lipinski definition) is 1. The lowest BCUT2D eigenvalue weighted by molar-refractivity contribution is -0.161. The van der Waals surface area contributed by atoms with Crippen LogP contribution in [0.5, 0.6) is 0 Å². The predicted octanol–water partition coefficient (Wildman–Crippen LogP) is 18.0. The number of carbonyl (C=O) groups excluding carboxylic acids is 2. The standard InChI is InChI=1S/C54H105O8P/c1-4-6-8-10-12-14-16-18-20-22-24-26-27-29-30-32-34-36-38-40-42-44-46-48-53(55)60-50-52(51-61-63(57,58)59-3)62-54(56)49-47-45-43-41-39-37-35-33-31-28-25-23-21-19-17-15-13-11-9-7-5-2/h23,25,52H,4-22,24,26-51H2,1-3H3,(H,57,58)/b25-23-. The minimum Gasteiger partial charge on any atom is -0.462 e. The zero-order chi connectivity index (χ0) is 46.0. The summed E-state index contributed by atoms with van der Waals surface area (Å²) >= 11 is 0. The van der Waals surface area contributed by atoms with Gasteiger partial charge < -0.3 is 14.4 Å². The van der Waals surface area contributed by atoms with Gasteiger partial charge in [0.25, 0.3) is 0 Å². The molecule has 2 unspecified atom stereocenters. The molecule has 0 rings (SSSR count). The zero-order valence-electron chi connectivity index (χ0n) is 42.0. The maximum absolute atomic E-state index is 12.6. The summed E-state index contributed by atoms with van der Waals surface area (Å²) in [7, 11) is -3.19. The van der Waals surface area contributed by atoms with Crippen LogP contribution in [0.25, 0.3) is 0 Å². The van der Waals surface area contributed by atoms with Crippen LogP contribution in [0.15, 0.2) is 12.2 Å². The maximum atomic E-state index is 12.6. The summed E-state index contributed by atoms with van der Waals surface area (Å²) in [5, 5.41) is 0. The molecule has 2 atom stereocenters. The fraction of sp³-hybridized carbons (Fsp3) is 0.926. The fourth-order valence-electron chi connectivity index (χ4n) is 8.30. The summed E-state index contributed by atoms with van der Waals surface area (Å²) in [4.78, 5) is 34.7. The SMILES string of the molecule is CCCCCCCCCC/C=C\CCCCCCCCCCCC(=O)OC(COC(=O)CCCCCCCCCCCCCCCCCCCCCCCCC)COP(=O)(O)OC. The van der Waals surface area contributed by atoms with E-state index in [1.54, 1.807) is 0 Å². The second-order valence-electron chi connectivity index (χ2n) is 18.7. The lowest BCUT2D eigenvalue weighted by Gasteiger charge is -2.19. The van der Waals surface area contributed by atoms with Crippen molar-refractivity contribution in [2.75, 3.05) is 20.3 Å². The van der Waals surface area contributed by atoms with Gasteiger partial charge in [-0.15, -0.1) is 0 Å². The second kappa shape index (κ2) is 50.2. The van der Waals surface area contributed by atoms with Crippen LogP contribution in [-0.2, 0) is 32.7 Å². The molecule has 0 bridgehead atoms. The van der Waals surface area contributed by atoms with Crippen molar-refractivity contribution in [2.45, 2.75) is 302 Å². The molecule has 0 aliphatic rings. The van der Waals surface area contributed by atoms with Crippen molar-refractivity contribution >= 4 is 19.8 Å². The van der Waals surface area contributed by atoms with Crippen LogP contribution >= 0.6 is 7.82 Å². The molecule has 0 saturated carbocycles. The number of unbranched alkanes of at least 4 members (excludes halogenated alkanes) is 39. The molecule has 0 saturated heterocycles. The second-order valence-corrected chi connectivity index (χ2v) is 20.3. The molecular weight excluding hydrogens is 808 g/mol. The Morgan fingerprint density at radius 1 is 0.429 bits per heavy atom. The molecule has 0 heterocycles. The monoisotopic (exact) mass is 913 g/mol. The third-order valence-corrected chi connectivity index (χ3v) is 13.4. The van der Waals surface area contributed by atoms with Crippen molar-refractivity contribution in [1.82, 2.24) is 0 Å². The van der Waals surface area contributed by atoms with Gasteiger partial charge in [0.15, 0.2) is 6.10 Å². The summed E-state index contributed by atoms with van der Waals surface area (Å²) in [6.07, 6.45) is 58.6. The van der Waals surface area contributed by atoms with Gasteiger partial charge in [0, 0.05) is 20.0 Å². The molecule has 1 N–H and O–H groups in total. The summed E-state index contributed by atoms with van der Waals surface area (Å²) in [6.45, 7) is 3.95. The predicted molar refractivity (Wildman–Crippen MR) is 267 cm³/mol. The van der Waals surface area contributed by atoms with E-state index in [-0.39, 0.29) is 19.0 Å². The Morgan fingerprint density at radius 2 is 0.714 bits per heavy atom. The zero-order valence-corrected chi connectivity index (χ0v) is 42.9. The van der Waals surface area contributed by atoms with Crippen LogP contribution in [0.2, 0.25) is 0 Å². The number of allylic oxidation sites excluding steroid dienone is 2. The Morgan fingerprint density at radius 3 is 1.03 bits per heavy atom. The minimum absolute atomic E-state index is 0.219. The Hall–Kier alpha value is -1.21.